The Morgan fingerprint density at radius 3 is 2.64 bits per heavy atom. The molecule has 3 rings (SSSR count). The molecular weight excluding hydrogens is 316 g/mol. The molecule has 0 aliphatic carbocycles. The minimum absolute atomic E-state index is 0.239. The lowest BCUT2D eigenvalue weighted by atomic mass is 10.1. The van der Waals surface area contributed by atoms with Gasteiger partial charge in [0.25, 0.3) is 0 Å². The number of morpholine rings is 1. The average molecular weight is 344 g/mol. The molecule has 1 aliphatic rings. The van der Waals surface area contributed by atoms with Crippen molar-refractivity contribution in [3.63, 3.8) is 0 Å². The van der Waals surface area contributed by atoms with Crippen LogP contribution in [-0.2, 0) is 28.9 Å². The smallest absolute Gasteiger partial charge is 0.153 e. The van der Waals surface area contributed by atoms with E-state index in [0.29, 0.717) is 6.61 Å². The molecular formula is C19H28N4O2. The van der Waals surface area contributed by atoms with Crippen molar-refractivity contribution < 1.29 is 9.47 Å². The van der Waals surface area contributed by atoms with E-state index in [1.165, 1.54) is 5.56 Å². The van der Waals surface area contributed by atoms with Crippen LogP contribution >= 0.6 is 0 Å². The SMILES string of the molecule is COCCc1nc(C(C)N2CCOCC2)n(CCc2ccccc2)n1. The van der Waals surface area contributed by atoms with E-state index in [-0.39, 0.29) is 6.04 Å². The quantitative estimate of drug-likeness (QED) is 0.734. The molecule has 0 saturated carbocycles. The first-order valence-corrected chi connectivity index (χ1v) is 9.06. The Bertz CT molecular complexity index is 638. The molecule has 1 aromatic heterocycles. The van der Waals surface area contributed by atoms with Crippen LogP contribution in [-0.4, -0.2) is 59.7 Å². The van der Waals surface area contributed by atoms with E-state index in [9.17, 15) is 0 Å². The molecule has 6 nitrogen and oxygen atoms in total. The van der Waals surface area contributed by atoms with Gasteiger partial charge in [0, 0.05) is 33.2 Å². The lowest BCUT2D eigenvalue weighted by Gasteiger charge is -2.31. The molecule has 0 bridgehead atoms. The number of rotatable bonds is 8. The van der Waals surface area contributed by atoms with Gasteiger partial charge in [0.15, 0.2) is 5.82 Å². The zero-order valence-corrected chi connectivity index (χ0v) is 15.2. The van der Waals surface area contributed by atoms with Crippen LogP contribution in [0.2, 0.25) is 0 Å². The highest BCUT2D eigenvalue weighted by Gasteiger charge is 2.24. The van der Waals surface area contributed by atoms with E-state index in [4.69, 9.17) is 19.6 Å². The van der Waals surface area contributed by atoms with Crippen molar-refractivity contribution in [2.45, 2.75) is 32.4 Å². The Hall–Kier alpha value is -1.76. The number of nitrogens with zero attached hydrogens (tertiary/aromatic N) is 4. The molecule has 2 aromatic rings. The van der Waals surface area contributed by atoms with Gasteiger partial charge in [-0.05, 0) is 18.9 Å². The summed E-state index contributed by atoms with van der Waals surface area (Å²) in [6, 6.07) is 10.8. The number of ether oxygens (including phenoxy) is 2. The van der Waals surface area contributed by atoms with Crippen molar-refractivity contribution in [3.8, 4) is 0 Å². The van der Waals surface area contributed by atoms with Crippen LogP contribution in [0.15, 0.2) is 30.3 Å². The van der Waals surface area contributed by atoms with E-state index >= 15 is 0 Å². The highest BCUT2D eigenvalue weighted by molar-refractivity contribution is 5.14. The molecule has 25 heavy (non-hydrogen) atoms. The van der Waals surface area contributed by atoms with Crippen LogP contribution in [0.3, 0.4) is 0 Å². The molecule has 1 aromatic carbocycles. The lowest BCUT2D eigenvalue weighted by molar-refractivity contribution is 0.0173. The lowest BCUT2D eigenvalue weighted by Crippen LogP contribution is -2.39. The first-order valence-electron chi connectivity index (χ1n) is 9.06. The molecule has 0 N–H and O–H groups in total. The van der Waals surface area contributed by atoms with Crippen LogP contribution in [0.4, 0.5) is 0 Å². The van der Waals surface area contributed by atoms with Crippen molar-refractivity contribution >= 4 is 0 Å². The fourth-order valence-corrected chi connectivity index (χ4v) is 3.18. The standard InChI is InChI=1S/C19H28N4O2/c1-16(22-11-14-25-15-12-22)19-20-18(9-13-24-2)21-23(19)10-8-17-6-4-3-5-7-17/h3-7,16H,8-15H2,1-2H3. The highest BCUT2D eigenvalue weighted by atomic mass is 16.5. The number of methoxy groups -OCH3 is 1. The van der Waals surface area contributed by atoms with E-state index in [1.54, 1.807) is 7.11 Å². The summed E-state index contributed by atoms with van der Waals surface area (Å²) in [6.45, 7) is 7.18. The van der Waals surface area contributed by atoms with Gasteiger partial charge in [0.05, 0.1) is 25.9 Å². The van der Waals surface area contributed by atoms with Gasteiger partial charge in [-0.3, -0.25) is 4.90 Å². The largest absolute Gasteiger partial charge is 0.384 e. The third kappa shape index (κ3) is 4.87. The minimum Gasteiger partial charge on any atom is -0.384 e. The van der Waals surface area contributed by atoms with Crippen LogP contribution in [0, 0.1) is 0 Å². The Morgan fingerprint density at radius 1 is 1.16 bits per heavy atom. The molecule has 2 heterocycles. The maximum atomic E-state index is 5.48. The Kier molecular flexibility index (Phi) is 6.55. The van der Waals surface area contributed by atoms with Gasteiger partial charge in [0.2, 0.25) is 0 Å². The maximum absolute atomic E-state index is 5.48. The van der Waals surface area contributed by atoms with Crippen molar-refractivity contribution in [2.75, 3.05) is 40.0 Å². The molecule has 0 radical (unpaired) electrons. The van der Waals surface area contributed by atoms with Crippen molar-refractivity contribution in [3.05, 3.63) is 47.5 Å². The zero-order chi connectivity index (χ0) is 17.5. The van der Waals surface area contributed by atoms with Gasteiger partial charge < -0.3 is 9.47 Å². The Labute approximate surface area is 149 Å². The summed E-state index contributed by atoms with van der Waals surface area (Å²) in [5.74, 6) is 1.91. The van der Waals surface area contributed by atoms with Crippen LogP contribution < -0.4 is 0 Å². The van der Waals surface area contributed by atoms with Crippen LogP contribution in [0.5, 0.6) is 0 Å². The monoisotopic (exact) mass is 344 g/mol. The number of aryl methyl sites for hydroxylation is 2. The third-order valence-corrected chi connectivity index (χ3v) is 4.70. The van der Waals surface area contributed by atoms with E-state index in [0.717, 1.165) is 57.3 Å². The second kappa shape index (κ2) is 9.08. The number of hydrogen-bond acceptors (Lipinski definition) is 5. The molecule has 0 spiro atoms. The molecule has 1 fully saturated rings. The zero-order valence-electron chi connectivity index (χ0n) is 15.2. The molecule has 6 heteroatoms. The molecule has 0 amide bonds. The van der Waals surface area contributed by atoms with Crippen molar-refractivity contribution in [1.82, 2.24) is 19.7 Å². The summed E-state index contributed by atoms with van der Waals surface area (Å²) in [4.78, 5) is 7.25. The van der Waals surface area contributed by atoms with Gasteiger partial charge in [-0.15, -0.1) is 0 Å². The summed E-state index contributed by atoms with van der Waals surface area (Å²) < 4.78 is 12.7. The first kappa shape index (κ1) is 18.0. The molecule has 1 unspecified atom stereocenters. The summed E-state index contributed by atoms with van der Waals surface area (Å²) in [6.07, 6.45) is 1.70. The maximum Gasteiger partial charge on any atom is 0.153 e. The Morgan fingerprint density at radius 2 is 1.92 bits per heavy atom. The van der Waals surface area contributed by atoms with Crippen molar-refractivity contribution in [2.24, 2.45) is 0 Å². The molecule has 1 aliphatic heterocycles. The van der Waals surface area contributed by atoms with Crippen LogP contribution in [0.1, 0.15) is 30.2 Å². The third-order valence-electron chi connectivity index (χ3n) is 4.70. The van der Waals surface area contributed by atoms with Crippen molar-refractivity contribution in [1.29, 1.82) is 0 Å². The predicted molar refractivity (Wildman–Crippen MR) is 96.6 cm³/mol. The van der Waals surface area contributed by atoms with Gasteiger partial charge in [0.1, 0.15) is 5.82 Å². The number of hydrogen-bond donors (Lipinski definition) is 0. The topological polar surface area (TPSA) is 52.4 Å². The second-order valence-electron chi connectivity index (χ2n) is 6.41. The minimum atomic E-state index is 0.239. The summed E-state index contributed by atoms with van der Waals surface area (Å²) in [5, 5.41) is 4.75. The number of benzene rings is 1. The van der Waals surface area contributed by atoms with Crippen LogP contribution in [0.25, 0.3) is 0 Å². The molecule has 1 saturated heterocycles. The van der Waals surface area contributed by atoms with Gasteiger partial charge in [-0.1, -0.05) is 30.3 Å². The Balaban J connectivity index is 1.75. The van der Waals surface area contributed by atoms with Gasteiger partial charge >= 0.3 is 0 Å². The first-order chi connectivity index (χ1) is 12.3. The molecule has 1 atom stereocenters. The molecule has 136 valence electrons. The number of aromatic nitrogens is 3. The highest BCUT2D eigenvalue weighted by Crippen LogP contribution is 2.20. The second-order valence-corrected chi connectivity index (χ2v) is 6.41. The predicted octanol–water partition coefficient (Wildman–Crippen LogP) is 2.10. The summed E-state index contributed by atoms with van der Waals surface area (Å²) >= 11 is 0. The normalized spacial score (nSPS) is 16.9. The van der Waals surface area contributed by atoms with E-state index in [1.807, 2.05) is 6.07 Å². The van der Waals surface area contributed by atoms with E-state index in [2.05, 4.69) is 40.8 Å². The fourth-order valence-electron chi connectivity index (χ4n) is 3.18. The van der Waals surface area contributed by atoms with E-state index < -0.39 is 0 Å². The van der Waals surface area contributed by atoms with Gasteiger partial charge in [-0.25, -0.2) is 9.67 Å². The average Bonchev–Trinajstić information content (AvgIpc) is 3.08. The summed E-state index contributed by atoms with van der Waals surface area (Å²) in [7, 11) is 1.71. The summed E-state index contributed by atoms with van der Waals surface area (Å²) in [5.41, 5.74) is 1.32. The van der Waals surface area contributed by atoms with Gasteiger partial charge in [-0.2, -0.15) is 5.10 Å². The fraction of sp³-hybridized carbons (Fsp3) is 0.579.